The number of nitrogens with one attached hydrogen (secondary N) is 1. The Labute approximate surface area is 257 Å². The molecule has 0 unspecified atom stereocenters. The van der Waals surface area contributed by atoms with Crippen LogP contribution in [0.2, 0.25) is 0 Å². The van der Waals surface area contributed by atoms with Crippen LogP contribution >= 0.6 is 31.9 Å². The minimum atomic E-state index is -4.24. The van der Waals surface area contributed by atoms with E-state index in [1.54, 1.807) is 45.0 Å². The van der Waals surface area contributed by atoms with Crippen LogP contribution in [0, 0.1) is 0 Å². The number of carbonyl (C=O) groups excluding carboxylic acids is 2. The first-order valence-electron chi connectivity index (χ1n) is 12.6. The molecular formula is C27H31Br2F3N6O4. The molecule has 2 heterocycles. The van der Waals surface area contributed by atoms with Gasteiger partial charge in [0.25, 0.3) is 0 Å². The minimum Gasteiger partial charge on any atom is -0.443 e. The number of rotatable bonds is 3. The van der Waals surface area contributed by atoms with Gasteiger partial charge in [0.1, 0.15) is 34.9 Å². The number of alkyl halides is 3. The number of nitrogens with two attached hydrogens (primary N) is 1. The molecule has 4 rings (SSSR count). The Morgan fingerprint density at radius 3 is 1.76 bits per heavy atom. The van der Waals surface area contributed by atoms with Gasteiger partial charge in [-0.25, -0.2) is 28.7 Å². The van der Waals surface area contributed by atoms with E-state index in [1.807, 2.05) is 20.8 Å². The normalized spacial score (nSPS) is 12.2. The molecule has 0 radical (unpaired) electrons. The average Bonchev–Trinajstić information content (AvgIpc) is 3.41. The molecule has 10 nitrogen and oxygen atoms in total. The minimum absolute atomic E-state index is 0.283. The lowest BCUT2D eigenvalue weighted by atomic mass is 10.2. The van der Waals surface area contributed by atoms with Crippen LogP contribution in [0.4, 0.5) is 34.1 Å². The zero-order valence-corrected chi connectivity index (χ0v) is 26.9. The smallest absolute Gasteiger partial charge is 0.420 e. The summed E-state index contributed by atoms with van der Waals surface area (Å²) < 4.78 is 51.4. The summed E-state index contributed by atoms with van der Waals surface area (Å²) in [6, 6.07) is 6.80. The Morgan fingerprint density at radius 2 is 1.29 bits per heavy atom. The van der Waals surface area contributed by atoms with E-state index in [1.165, 1.54) is 21.8 Å². The molecule has 0 aliphatic heterocycles. The van der Waals surface area contributed by atoms with Gasteiger partial charge in [0.15, 0.2) is 0 Å². The predicted molar refractivity (Wildman–Crippen MR) is 162 cm³/mol. The molecule has 0 bridgehead atoms. The summed E-state index contributed by atoms with van der Waals surface area (Å²) in [6.45, 7) is 10.4. The van der Waals surface area contributed by atoms with Gasteiger partial charge < -0.3 is 20.5 Å². The molecule has 4 aromatic rings. The summed E-state index contributed by atoms with van der Waals surface area (Å²) >= 11 is 6.63. The highest BCUT2D eigenvalue weighted by Crippen LogP contribution is 2.29. The van der Waals surface area contributed by atoms with Crippen molar-refractivity contribution in [3.05, 3.63) is 45.9 Å². The van der Waals surface area contributed by atoms with Crippen LogP contribution in [-0.2, 0) is 9.47 Å². The van der Waals surface area contributed by atoms with E-state index in [-0.39, 0.29) is 6.54 Å². The van der Waals surface area contributed by atoms with Gasteiger partial charge in [-0.15, -0.1) is 0 Å². The Balaban J connectivity index is 0.000000240. The van der Waals surface area contributed by atoms with Gasteiger partial charge in [-0.2, -0.15) is 13.2 Å². The number of nitrogens with zero attached hydrogens (tertiary/aromatic N) is 4. The fourth-order valence-corrected chi connectivity index (χ4v) is 4.49. The summed E-state index contributed by atoms with van der Waals surface area (Å²) in [4.78, 5) is 32.5. The van der Waals surface area contributed by atoms with Gasteiger partial charge in [0.2, 0.25) is 0 Å². The van der Waals surface area contributed by atoms with E-state index in [0.29, 0.717) is 37.9 Å². The number of anilines is 2. The SMILES string of the molecule is CC(C)(C)OC(=O)n1cnc2c(N)cc(Br)cc21.CC(C)(C)OC(=O)n1cnc2c(NCCC(F)(F)F)cc(Br)cc21. The highest BCUT2D eigenvalue weighted by molar-refractivity contribution is 9.10. The molecule has 0 spiro atoms. The Hall–Kier alpha value is -3.33. The predicted octanol–water partition coefficient (Wildman–Crippen LogP) is 8.11. The zero-order chi connectivity index (χ0) is 31.6. The first kappa shape index (κ1) is 33.2. The first-order chi connectivity index (χ1) is 19.2. The number of nitrogen functional groups attached to an aromatic ring is 1. The number of carbonyl (C=O) groups is 2. The van der Waals surface area contributed by atoms with Crippen LogP contribution in [-0.4, -0.2) is 55.2 Å². The average molecular weight is 720 g/mol. The molecule has 0 saturated carbocycles. The molecule has 0 aliphatic carbocycles. The topological polar surface area (TPSA) is 126 Å². The summed E-state index contributed by atoms with van der Waals surface area (Å²) in [5.74, 6) is 0. The quantitative estimate of drug-likeness (QED) is 0.204. The number of benzene rings is 2. The van der Waals surface area contributed by atoms with Crippen molar-refractivity contribution in [2.45, 2.75) is 65.3 Å². The third-order valence-corrected chi connectivity index (χ3v) is 6.08. The number of aromatic nitrogens is 4. The van der Waals surface area contributed by atoms with Crippen molar-refractivity contribution in [3.63, 3.8) is 0 Å². The molecule has 0 saturated heterocycles. The van der Waals surface area contributed by atoms with Crippen LogP contribution in [0.25, 0.3) is 22.1 Å². The summed E-state index contributed by atoms with van der Waals surface area (Å²) in [6.07, 6.45) is -3.57. The van der Waals surface area contributed by atoms with Crippen molar-refractivity contribution in [1.82, 2.24) is 19.1 Å². The lowest BCUT2D eigenvalue weighted by molar-refractivity contribution is -0.131. The van der Waals surface area contributed by atoms with E-state index in [0.717, 1.165) is 4.47 Å². The van der Waals surface area contributed by atoms with Gasteiger partial charge in [0.05, 0.1) is 28.8 Å². The van der Waals surface area contributed by atoms with Crippen LogP contribution < -0.4 is 11.1 Å². The van der Waals surface area contributed by atoms with Crippen LogP contribution in [0.1, 0.15) is 48.0 Å². The summed E-state index contributed by atoms with van der Waals surface area (Å²) in [7, 11) is 0. The molecule has 15 heteroatoms. The molecule has 0 amide bonds. The first-order valence-corrected chi connectivity index (χ1v) is 14.2. The van der Waals surface area contributed by atoms with Crippen molar-refractivity contribution in [3.8, 4) is 0 Å². The monoisotopic (exact) mass is 718 g/mol. The highest BCUT2D eigenvalue weighted by atomic mass is 79.9. The van der Waals surface area contributed by atoms with Gasteiger partial charge in [-0.3, -0.25) is 0 Å². The molecule has 3 N–H and O–H groups in total. The third kappa shape index (κ3) is 9.08. The Morgan fingerprint density at radius 1 is 0.833 bits per heavy atom. The second-order valence-electron chi connectivity index (χ2n) is 11.2. The van der Waals surface area contributed by atoms with Gasteiger partial charge in [-0.1, -0.05) is 31.9 Å². The standard InChI is InChI=1S/C15H17BrF3N3O2.C12H14BrN3O2/c1-14(2,3)24-13(23)22-8-21-12-10(6-9(16)7-11(12)22)20-5-4-15(17,18)19;1-12(2,3)18-11(17)16-6-15-10-8(14)4-7(13)5-9(10)16/h6-8,20H,4-5H2,1-3H3;4-6H,14H2,1-3H3. The Bertz CT molecular complexity index is 1600. The lowest BCUT2D eigenvalue weighted by Crippen LogP contribution is -2.26. The number of hydrogen-bond acceptors (Lipinski definition) is 8. The van der Waals surface area contributed by atoms with E-state index in [9.17, 15) is 22.8 Å². The third-order valence-electron chi connectivity index (χ3n) is 5.17. The van der Waals surface area contributed by atoms with Crippen molar-refractivity contribution >= 4 is 77.5 Å². The van der Waals surface area contributed by atoms with E-state index >= 15 is 0 Å². The van der Waals surface area contributed by atoms with Gasteiger partial charge >= 0.3 is 18.4 Å². The van der Waals surface area contributed by atoms with Crippen LogP contribution in [0.15, 0.2) is 45.9 Å². The lowest BCUT2D eigenvalue weighted by Gasteiger charge is -2.19. The largest absolute Gasteiger partial charge is 0.443 e. The number of hydrogen-bond donors (Lipinski definition) is 2. The fraction of sp³-hybridized carbons (Fsp3) is 0.407. The maximum atomic E-state index is 12.3. The zero-order valence-electron chi connectivity index (χ0n) is 23.8. The van der Waals surface area contributed by atoms with Crippen molar-refractivity contribution < 1.29 is 32.2 Å². The van der Waals surface area contributed by atoms with E-state index < -0.39 is 36.0 Å². The molecule has 42 heavy (non-hydrogen) atoms. The van der Waals surface area contributed by atoms with Crippen molar-refractivity contribution in [2.24, 2.45) is 0 Å². The molecule has 0 atom stereocenters. The van der Waals surface area contributed by atoms with Crippen LogP contribution in [0.5, 0.6) is 0 Å². The number of imidazole rings is 2. The molecule has 228 valence electrons. The second kappa shape index (κ2) is 12.5. The molecule has 2 aromatic heterocycles. The van der Waals surface area contributed by atoms with Crippen molar-refractivity contribution in [1.29, 1.82) is 0 Å². The number of halogens is 5. The maximum Gasteiger partial charge on any atom is 0.420 e. The molecule has 0 aliphatic rings. The molecular weight excluding hydrogens is 689 g/mol. The number of fused-ring (bicyclic) bond motifs is 2. The van der Waals surface area contributed by atoms with E-state index in [4.69, 9.17) is 15.2 Å². The highest BCUT2D eigenvalue weighted by Gasteiger charge is 2.27. The Kier molecular flexibility index (Phi) is 9.87. The fourth-order valence-electron chi connectivity index (χ4n) is 3.58. The maximum absolute atomic E-state index is 12.3. The van der Waals surface area contributed by atoms with Gasteiger partial charge in [-0.05, 0) is 65.8 Å². The number of ether oxygens (including phenoxy) is 2. The second-order valence-corrected chi connectivity index (χ2v) is 13.0. The summed E-state index contributed by atoms with van der Waals surface area (Å²) in [5, 5.41) is 2.71. The van der Waals surface area contributed by atoms with Crippen LogP contribution in [0.3, 0.4) is 0 Å². The molecule has 0 fully saturated rings. The van der Waals surface area contributed by atoms with Crippen molar-refractivity contribution in [2.75, 3.05) is 17.6 Å². The van der Waals surface area contributed by atoms with Gasteiger partial charge in [0, 0.05) is 15.5 Å². The van der Waals surface area contributed by atoms with E-state index in [2.05, 4.69) is 47.1 Å². The molecule has 2 aromatic carbocycles. The summed E-state index contributed by atoms with van der Waals surface area (Å²) in [5.41, 5.74) is 7.58.